The van der Waals surface area contributed by atoms with Crippen LogP contribution in [0.15, 0.2) is 0 Å². The molecule has 0 aliphatic heterocycles. The third-order valence-electron chi connectivity index (χ3n) is 2.98. The molecule has 0 bridgehead atoms. The number of hydrogen-bond donors (Lipinski definition) is 1. The van der Waals surface area contributed by atoms with Crippen LogP contribution in [0.25, 0.3) is 0 Å². The molecule has 1 radical (unpaired) electrons. The molecule has 0 atom stereocenters. The standard InChI is InChI=1S/C13H28O4S.K/c1-2-3-4-5-6-7-8-9-10-11-12-13-17-18(14,15)16;/h2-13H2,1H3,(H,14,15,16);. The molecule has 19 heavy (non-hydrogen) atoms. The molecular weight excluding hydrogens is 291 g/mol. The first kappa shape index (κ1) is 22.8. The van der Waals surface area contributed by atoms with Crippen molar-refractivity contribution >= 4 is 61.8 Å². The van der Waals surface area contributed by atoms with Gasteiger partial charge in [0, 0.05) is 51.4 Å². The molecule has 0 heterocycles. The van der Waals surface area contributed by atoms with Crippen LogP contribution in [-0.2, 0) is 14.6 Å². The van der Waals surface area contributed by atoms with Crippen molar-refractivity contribution in [1.29, 1.82) is 0 Å². The van der Waals surface area contributed by atoms with Crippen LogP contribution >= 0.6 is 0 Å². The second-order valence-electron chi connectivity index (χ2n) is 4.79. The minimum absolute atomic E-state index is 0. The van der Waals surface area contributed by atoms with Gasteiger partial charge in [-0.2, -0.15) is 8.42 Å². The Bertz CT molecular complexity index is 268. The van der Waals surface area contributed by atoms with Gasteiger partial charge in [-0.05, 0) is 6.42 Å². The van der Waals surface area contributed by atoms with Crippen LogP contribution in [0.2, 0.25) is 0 Å². The zero-order valence-corrected chi connectivity index (χ0v) is 16.5. The zero-order chi connectivity index (χ0) is 13.7. The van der Waals surface area contributed by atoms with Crippen LogP contribution in [0.4, 0.5) is 0 Å². The molecule has 0 aromatic rings. The van der Waals surface area contributed by atoms with E-state index in [1.165, 1.54) is 51.4 Å². The summed E-state index contributed by atoms with van der Waals surface area (Å²) in [6, 6.07) is 0. The average Bonchev–Trinajstić information content (AvgIpc) is 2.29. The van der Waals surface area contributed by atoms with Gasteiger partial charge in [-0.15, -0.1) is 0 Å². The van der Waals surface area contributed by atoms with Crippen molar-refractivity contribution in [2.45, 2.75) is 77.6 Å². The van der Waals surface area contributed by atoms with E-state index in [2.05, 4.69) is 11.1 Å². The van der Waals surface area contributed by atoms with Crippen molar-refractivity contribution in [3.8, 4) is 0 Å². The van der Waals surface area contributed by atoms with Crippen molar-refractivity contribution < 1.29 is 17.2 Å². The number of hydrogen-bond acceptors (Lipinski definition) is 3. The van der Waals surface area contributed by atoms with Gasteiger partial charge in [-0.3, -0.25) is 4.55 Å². The molecule has 0 unspecified atom stereocenters. The predicted octanol–water partition coefficient (Wildman–Crippen LogP) is 3.74. The monoisotopic (exact) mass is 319 g/mol. The molecule has 0 fully saturated rings. The van der Waals surface area contributed by atoms with Gasteiger partial charge in [0.25, 0.3) is 0 Å². The van der Waals surface area contributed by atoms with Crippen LogP contribution in [0, 0.1) is 0 Å². The van der Waals surface area contributed by atoms with Gasteiger partial charge in [0.15, 0.2) is 0 Å². The van der Waals surface area contributed by atoms with E-state index in [4.69, 9.17) is 4.55 Å². The molecular formula is C13H28KO4S. The quantitative estimate of drug-likeness (QED) is 0.319. The summed E-state index contributed by atoms with van der Waals surface area (Å²) in [5.74, 6) is 0. The van der Waals surface area contributed by atoms with E-state index in [0.29, 0.717) is 6.42 Å². The minimum atomic E-state index is -4.24. The van der Waals surface area contributed by atoms with E-state index in [-0.39, 0.29) is 58.0 Å². The van der Waals surface area contributed by atoms with Gasteiger partial charge in [-0.25, -0.2) is 4.18 Å². The molecule has 0 saturated carbocycles. The van der Waals surface area contributed by atoms with Crippen LogP contribution in [0.3, 0.4) is 0 Å². The fourth-order valence-corrected chi connectivity index (χ4v) is 2.26. The van der Waals surface area contributed by atoms with Gasteiger partial charge in [-0.1, -0.05) is 71.1 Å². The molecule has 0 spiro atoms. The Morgan fingerprint density at radius 3 is 1.53 bits per heavy atom. The summed E-state index contributed by atoms with van der Waals surface area (Å²) >= 11 is 0. The van der Waals surface area contributed by atoms with Crippen molar-refractivity contribution in [3.05, 3.63) is 0 Å². The molecule has 1 N–H and O–H groups in total. The summed E-state index contributed by atoms with van der Waals surface area (Å²) in [6.45, 7) is 2.32. The van der Waals surface area contributed by atoms with Crippen molar-refractivity contribution in [3.63, 3.8) is 0 Å². The number of unbranched alkanes of at least 4 members (excludes halogenated alkanes) is 10. The molecule has 0 amide bonds. The normalized spacial score (nSPS) is 11.3. The Morgan fingerprint density at radius 2 is 1.16 bits per heavy atom. The predicted molar refractivity (Wildman–Crippen MR) is 79.7 cm³/mol. The third kappa shape index (κ3) is 21.9. The Kier molecular flexibility index (Phi) is 19.0. The van der Waals surface area contributed by atoms with E-state index in [0.717, 1.165) is 12.8 Å². The second-order valence-corrected chi connectivity index (χ2v) is 5.88. The molecule has 111 valence electrons. The van der Waals surface area contributed by atoms with Gasteiger partial charge in [0.2, 0.25) is 0 Å². The van der Waals surface area contributed by atoms with Crippen LogP contribution in [0.5, 0.6) is 0 Å². The van der Waals surface area contributed by atoms with Gasteiger partial charge in [0.05, 0.1) is 6.61 Å². The molecule has 4 nitrogen and oxygen atoms in total. The minimum Gasteiger partial charge on any atom is -0.264 e. The van der Waals surface area contributed by atoms with Gasteiger partial charge in [0.1, 0.15) is 0 Å². The molecule has 0 aromatic carbocycles. The van der Waals surface area contributed by atoms with E-state index < -0.39 is 10.4 Å². The first-order chi connectivity index (χ1) is 8.56. The molecule has 0 aliphatic carbocycles. The fraction of sp³-hybridized carbons (Fsp3) is 1.00. The van der Waals surface area contributed by atoms with Crippen LogP contribution in [-0.4, -0.2) is 71.0 Å². The molecule has 0 aliphatic rings. The smallest absolute Gasteiger partial charge is 0.264 e. The van der Waals surface area contributed by atoms with Gasteiger partial charge < -0.3 is 0 Å². The summed E-state index contributed by atoms with van der Waals surface area (Å²) in [5, 5.41) is 0. The van der Waals surface area contributed by atoms with E-state index in [9.17, 15) is 8.42 Å². The van der Waals surface area contributed by atoms with Crippen molar-refractivity contribution in [2.24, 2.45) is 0 Å². The number of rotatable bonds is 13. The van der Waals surface area contributed by atoms with Crippen molar-refractivity contribution in [2.75, 3.05) is 6.61 Å². The largest absolute Gasteiger partial charge is 0.397 e. The summed E-state index contributed by atoms with van der Waals surface area (Å²) in [7, 11) is -4.24. The summed E-state index contributed by atoms with van der Waals surface area (Å²) in [6.07, 6.45) is 13.3. The summed E-state index contributed by atoms with van der Waals surface area (Å²) in [4.78, 5) is 0. The zero-order valence-electron chi connectivity index (χ0n) is 12.6. The second kappa shape index (κ2) is 15.9. The Balaban J connectivity index is 0. The van der Waals surface area contributed by atoms with E-state index in [1.807, 2.05) is 0 Å². The molecule has 0 aromatic heterocycles. The maximum Gasteiger partial charge on any atom is 0.397 e. The Morgan fingerprint density at radius 1 is 0.789 bits per heavy atom. The molecule has 0 rings (SSSR count). The third-order valence-corrected chi connectivity index (χ3v) is 3.44. The average molecular weight is 320 g/mol. The Hall–Kier alpha value is 1.51. The maximum atomic E-state index is 10.2. The van der Waals surface area contributed by atoms with Crippen LogP contribution < -0.4 is 0 Å². The summed E-state index contributed by atoms with van der Waals surface area (Å²) < 4.78 is 33.1. The Labute approximate surface area is 161 Å². The van der Waals surface area contributed by atoms with E-state index in [1.54, 1.807) is 0 Å². The van der Waals surface area contributed by atoms with Gasteiger partial charge >= 0.3 is 10.4 Å². The molecule has 0 saturated heterocycles. The SMILES string of the molecule is CCCCCCCCCCCCCOS(=O)(=O)O.[K]. The fourth-order valence-electron chi connectivity index (χ4n) is 1.93. The topological polar surface area (TPSA) is 63.6 Å². The van der Waals surface area contributed by atoms with E-state index >= 15 is 0 Å². The maximum absolute atomic E-state index is 10.2. The van der Waals surface area contributed by atoms with Crippen molar-refractivity contribution in [1.82, 2.24) is 0 Å². The first-order valence-electron chi connectivity index (χ1n) is 7.18. The van der Waals surface area contributed by atoms with Crippen LogP contribution in [0.1, 0.15) is 77.6 Å². The summed E-state index contributed by atoms with van der Waals surface area (Å²) in [5.41, 5.74) is 0. The molecule has 6 heteroatoms. The first-order valence-corrected chi connectivity index (χ1v) is 8.54.